The lowest BCUT2D eigenvalue weighted by Crippen LogP contribution is -2.12. The van der Waals surface area contributed by atoms with Gasteiger partial charge in [-0.25, -0.2) is 4.79 Å². The molecule has 2 N–H and O–H groups in total. The van der Waals surface area contributed by atoms with Crippen molar-refractivity contribution >= 4 is 5.97 Å². The van der Waals surface area contributed by atoms with Crippen molar-refractivity contribution in [1.82, 2.24) is 10.5 Å². The van der Waals surface area contributed by atoms with Gasteiger partial charge in [0.05, 0.1) is 17.8 Å². The lowest BCUT2D eigenvalue weighted by Gasteiger charge is -2.03. The Balaban J connectivity index is 1.90. The summed E-state index contributed by atoms with van der Waals surface area (Å²) in [7, 11) is 0. The summed E-state index contributed by atoms with van der Waals surface area (Å²) in [6.45, 7) is 3.02. The Labute approximate surface area is 104 Å². The van der Waals surface area contributed by atoms with E-state index in [1.165, 1.54) is 0 Å². The molecule has 0 radical (unpaired) electrons. The zero-order valence-electron chi connectivity index (χ0n) is 10.0. The highest BCUT2D eigenvalue weighted by molar-refractivity contribution is 5.87. The van der Waals surface area contributed by atoms with Gasteiger partial charge in [-0.15, -0.1) is 0 Å². The topological polar surface area (TPSA) is 75.4 Å². The van der Waals surface area contributed by atoms with Crippen molar-refractivity contribution in [3.63, 3.8) is 0 Å². The fraction of sp³-hybridized carbons (Fsp3) is 0.231. The van der Waals surface area contributed by atoms with Crippen LogP contribution in [-0.4, -0.2) is 16.2 Å². The summed E-state index contributed by atoms with van der Waals surface area (Å²) in [4.78, 5) is 10.8. The van der Waals surface area contributed by atoms with Crippen LogP contribution in [0.4, 0.5) is 0 Å². The van der Waals surface area contributed by atoms with Crippen LogP contribution in [0, 0.1) is 6.92 Å². The van der Waals surface area contributed by atoms with Gasteiger partial charge in [-0.2, -0.15) is 0 Å². The molecule has 2 rings (SSSR count). The number of hydrogen-bond donors (Lipinski definition) is 2. The maximum Gasteiger partial charge on any atom is 0.335 e. The molecule has 0 aliphatic rings. The second kappa shape index (κ2) is 5.46. The number of nitrogens with zero attached hydrogens (tertiary/aromatic N) is 1. The minimum absolute atomic E-state index is 0.296. The molecule has 18 heavy (non-hydrogen) atoms. The van der Waals surface area contributed by atoms with E-state index in [1.54, 1.807) is 18.2 Å². The quantitative estimate of drug-likeness (QED) is 0.843. The van der Waals surface area contributed by atoms with Gasteiger partial charge < -0.3 is 14.9 Å². The second-order valence-corrected chi connectivity index (χ2v) is 4.04. The molecule has 0 aliphatic heterocycles. The summed E-state index contributed by atoms with van der Waals surface area (Å²) < 4.78 is 5.06. The Morgan fingerprint density at radius 2 is 2.22 bits per heavy atom. The van der Waals surface area contributed by atoms with Gasteiger partial charge in [0.2, 0.25) is 0 Å². The van der Waals surface area contributed by atoms with Crippen LogP contribution in [-0.2, 0) is 13.1 Å². The Bertz CT molecular complexity index is 549. The maximum atomic E-state index is 10.8. The average molecular weight is 246 g/mol. The van der Waals surface area contributed by atoms with E-state index < -0.39 is 5.97 Å². The van der Waals surface area contributed by atoms with Gasteiger partial charge in [0.15, 0.2) is 5.76 Å². The van der Waals surface area contributed by atoms with E-state index in [2.05, 4.69) is 10.5 Å². The van der Waals surface area contributed by atoms with E-state index in [4.69, 9.17) is 9.63 Å². The molecule has 0 bridgehead atoms. The minimum Gasteiger partial charge on any atom is -0.478 e. The van der Waals surface area contributed by atoms with E-state index in [0.29, 0.717) is 18.7 Å². The molecule has 0 amide bonds. The fourth-order valence-electron chi connectivity index (χ4n) is 1.64. The highest BCUT2D eigenvalue weighted by atomic mass is 16.5. The first-order valence-corrected chi connectivity index (χ1v) is 5.60. The molecule has 5 heteroatoms. The van der Waals surface area contributed by atoms with Crippen molar-refractivity contribution in [1.29, 1.82) is 0 Å². The van der Waals surface area contributed by atoms with Gasteiger partial charge in [-0.1, -0.05) is 17.3 Å². The lowest BCUT2D eigenvalue weighted by molar-refractivity contribution is 0.0696. The smallest absolute Gasteiger partial charge is 0.335 e. The molecule has 2 aromatic rings. The van der Waals surface area contributed by atoms with Crippen LogP contribution in [0.2, 0.25) is 0 Å². The Kier molecular flexibility index (Phi) is 3.74. The molecule has 94 valence electrons. The Hall–Kier alpha value is -2.14. The summed E-state index contributed by atoms with van der Waals surface area (Å²) in [6, 6.07) is 8.71. The molecule has 0 saturated heterocycles. The molecule has 1 aromatic carbocycles. The van der Waals surface area contributed by atoms with Gasteiger partial charge in [-0.05, 0) is 24.6 Å². The van der Waals surface area contributed by atoms with Gasteiger partial charge >= 0.3 is 5.97 Å². The van der Waals surface area contributed by atoms with E-state index in [1.807, 2.05) is 19.1 Å². The number of hydrogen-bond acceptors (Lipinski definition) is 4. The molecular formula is C13H14N2O3. The minimum atomic E-state index is -0.914. The summed E-state index contributed by atoms with van der Waals surface area (Å²) in [5, 5.41) is 15.8. The number of aromatic carboxylic acids is 1. The van der Waals surface area contributed by atoms with Crippen LogP contribution in [0.15, 0.2) is 34.9 Å². The number of nitrogens with one attached hydrogen (secondary N) is 1. The SMILES string of the molecule is Cc1cc(CNCc2cccc(C(=O)O)c2)on1. The van der Waals surface area contributed by atoms with Gasteiger partial charge in [-0.3, -0.25) is 0 Å². The zero-order chi connectivity index (χ0) is 13.0. The van der Waals surface area contributed by atoms with Crippen LogP contribution < -0.4 is 5.32 Å². The van der Waals surface area contributed by atoms with Crippen LogP contribution in [0.1, 0.15) is 27.4 Å². The molecule has 0 saturated carbocycles. The number of carboxylic acid groups (broad SMARTS) is 1. The molecule has 0 aliphatic carbocycles. The van der Waals surface area contributed by atoms with Crippen molar-refractivity contribution < 1.29 is 14.4 Å². The summed E-state index contributed by atoms with van der Waals surface area (Å²) in [5.74, 6) is -0.149. The number of benzene rings is 1. The maximum absolute atomic E-state index is 10.8. The van der Waals surface area contributed by atoms with Crippen molar-refractivity contribution in [2.24, 2.45) is 0 Å². The Morgan fingerprint density at radius 3 is 2.89 bits per heavy atom. The zero-order valence-corrected chi connectivity index (χ0v) is 10.0. The normalized spacial score (nSPS) is 10.5. The van der Waals surface area contributed by atoms with Gasteiger partial charge in [0.25, 0.3) is 0 Å². The highest BCUT2D eigenvalue weighted by Crippen LogP contribution is 2.06. The molecule has 0 fully saturated rings. The standard InChI is InChI=1S/C13H14N2O3/c1-9-5-12(18-15-9)8-14-7-10-3-2-4-11(6-10)13(16)17/h2-6,14H,7-8H2,1H3,(H,16,17). The summed E-state index contributed by atoms with van der Waals surface area (Å²) in [5.41, 5.74) is 2.07. The number of carboxylic acids is 1. The van der Waals surface area contributed by atoms with Gasteiger partial charge in [0.1, 0.15) is 0 Å². The first-order chi connectivity index (χ1) is 8.65. The van der Waals surface area contributed by atoms with Crippen LogP contribution in [0.5, 0.6) is 0 Å². The lowest BCUT2D eigenvalue weighted by atomic mass is 10.1. The molecule has 0 spiro atoms. The second-order valence-electron chi connectivity index (χ2n) is 4.04. The van der Waals surface area contributed by atoms with Crippen molar-refractivity contribution in [2.45, 2.75) is 20.0 Å². The average Bonchev–Trinajstić information content (AvgIpc) is 2.75. The van der Waals surface area contributed by atoms with Crippen LogP contribution in [0.3, 0.4) is 0 Å². The van der Waals surface area contributed by atoms with Crippen molar-refractivity contribution in [3.05, 3.63) is 52.9 Å². The number of aromatic nitrogens is 1. The number of rotatable bonds is 5. The van der Waals surface area contributed by atoms with E-state index in [0.717, 1.165) is 17.0 Å². The summed E-state index contributed by atoms with van der Waals surface area (Å²) in [6.07, 6.45) is 0. The molecule has 0 unspecified atom stereocenters. The summed E-state index contributed by atoms with van der Waals surface area (Å²) >= 11 is 0. The van der Waals surface area contributed by atoms with Crippen LogP contribution in [0.25, 0.3) is 0 Å². The molecule has 1 heterocycles. The predicted molar refractivity (Wildman–Crippen MR) is 65.2 cm³/mol. The van der Waals surface area contributed by atoms with Crippen molar-refractivity contribution in [2.75, 3.05) is 0 Å². The first kappa shape index (κ1) is 12.3. The van der Waals surface area contributed by atoms with Crippen molar-refractivity contribution in [3.8, 4) is 0 Å². The molecular weight excluding hydrogens is 232 g/mol. The van der Waals surface area contributed by atoms with E-state index in [9.17, 15) is 4.79 Å². The monoisotopic (exact) mass is 246 g/mol. The highest BCUT2D eigenvalue weighted by Gasteiger charge is 2.04. The third kappa shape index (κ3) is 3.18. The van der Waals surface area contributed by atoms with Gasteiger partial charge in [0, 0.05) is 12.6 Å². The third-order valence-electron chi connectivity index (χ3n) is 2.48. The number of aryl methyl sites for hydroxylation is 1. The Morgan fingerprint density at radius 1 is 1.39 bits per heavy atom. The third-order valence-corrected chi connectivity index (χ3v) is 2.48. The van der Waals surface area contributed by atoms with Crippen LogP contribution >= 0.6 is 0 Å². The number of carbonyl (C=O) groups is 1. The largest absolute Gasteiger partial charge is 0.478 e. The molecule has 0 atom stereocenters. The first-order valence-electron chi connectivity index (χ1n) is 5.60. The van der Waals surface area contributed by atoms with E-state index >= 15 is 0 Å². The molecule has 1 aromatic heterocycles. The fourth-order valence-corrected chi connectivity index (χ4v) is 1.64. The predicted octanol–water partition coefficient (Wildman–Crippen LogP) is 1.97. The van der Waals surface area contributed by atoms with E-state index in [-0.39, 0.29) is 0 Å². The molecule has 5 nitrogen and oxygen atoms in total.